The Kier molecular flexibility index (Phi) is 3.57. The first-order valence-corrected chi connectivity index (χ1v) is 4.22. The van der Waals surface area contributed by atoms with Crippen LogP contribution in [0, 0.1) is 11.3 Å². The highest BCUT2D eigenvalue weighted by molar-refractivity contribution is 5.20. The lowest BCUT2D eigenvalue weighted by Crippen LogP contribution is -2.03. The van der Waals surface area contributed by atoms with Gasteiger partial charge in [0.05, 0.1) is 0 Å². The van der Waals surface area contributed by atoms with Crippen molar-refractivity contribution in [1.82, 2.24) is 0 Å². The molecule has 0 bridgehead atoms. The van der Waals surface area contributed by atoms with Crippen LogP contribution in [0.5, 0.6) is 0 Å². The van der Waals surface area contributed by atoms with Gasteiger partial charge in [0, 0.05) is 0 Å². The fourth-order valence-corrected chi connectivity index (χ4v) is 0.961. The first-order chi connectivity index (χ1) is 4.87. The van der Waals surface area contributed by atoms with E-state index in [4.69, 9.17) is 0 Å². The maximum Gasteiger partial charge on any atom is -0.0197 e. The van der Waals surface area contributed by atoms with Gasteiger partial charge in [0.15, 0.2) is 0 Å². The monoisotopic (exact) mass is 152 g/mol. The summed E-state index contributed by atoms with van der Waals surface area (Å²) in [5.74, 6) is 0.590. The summed E-state index contributed by atoms with van der Waals surface area (Å²) in [5.41, 5.74) is 1.62. The molecule has 0 aromatic heterocycles. The van der Waals surface area contributed by atoms with E-state index < -0.39 is 0 Å². The van der Waals surface area contributed by atoms with Gasteiger partial charge in [-0.3, -0.25) is 0 Å². The van der Waals surface area contributed by atoms with Crippen molar-refractivity contribution in [2.75, 3.05) is 0 Å². The molecular formula is C11H20. The highest BCUT2D eigenvalue weighted by atomic mass is 14.1. The van der Waals surface area contributed by atoms with E-state index >= 15 is 0 Å². The van der Waals surface area contributed by atoms with Crippen LogP contribution in [0.2, 0.25) is 0 Å². The van der Waals surface area contributed by atoms with Crippen molar-refractivity contribution in [3.63, 3.8) is 0 Å². The van der Waals surface area contributed by atoms with Gasteiger partial charge in [0.2, 0.25) is 0 Å². The van der Waals surface area contributed by atoms with Crippen LogP contribution in [-0.2, 0) is 0 Å². The second-order valence-electron chi connectivity index (χ2n) is 4.37. The first kappa shape index (κ1) is 10.5. The van der Waals surface area contributed by atoms with Crippen LogP contribution in [0.4, 0.5) is 0 Å². The summed E-state index contributed by atoms with van der Waals surface area (Å²) in [7, 11) is 0. The van der Waals surface area contributed by atoms with Crippen LogP contribution in [-0.4, -0.2) is 0 Å². The lowest BCUT2D eigenvalue weighted by molar-refractivity contribution is 0.534. The summed E-state index contributed by atoms with van der Waals surface area (Å²) in [6, 6.07) is 0. The molecule has 0 rings (SSSR count). The minimum Gasteiger partial charge on any atom is -0.0988 e. The standard InChI is InChI=1S/C11H20/c1-7-10(9(2)3)8-11(4,5)6/h7-9H,1H2,2-6H3/b10-8-. The molecule has 0 unspecified atom stereocenters. The molecule has 0 spiro atoms. The molecule has 0 radical (unpaired) electrons. The molecule has 0 amide bonds. The van der Waals surface area contributed by atoms with Gasteiger partial charge < -0.3 is 0 Å². The third-order valence-corrected chi connectivity index (χ3v) is 1.50. The Morgan fingerprint density at radius 2 is 1.73 bits per heavy atom. The molecule has 0 heterocycles. The zero-order valence-corrected chi connectivity index (χ0v) is 8.44. The molecule has 0 aromatic rings. The molecule has 0 atom stereocenters. The van der Waals surface area contributed by atoms with Crippen LogP contribution < -0.4 is 0 Å². The van der Waals surface area contributed by atoms with Crippen LogP contribution >= 0.6 is 0 Å². The Morgan fingerprint density at radius 3 is 1.82 bits per heavy atom. The molecule has 64 valence electrons. The van der Waals surface area contributed by atoms with E-state index in [1.54, 1.807) is 0 Å². The largest absolute Gasteiger partial charge is 0.0988 e. The van der Waals surface area contributed by atoms with E-state index in [-0.39, 0.29) is 5.41 Å². The summed E-state index contributed by atoms with van der Waals surface area (Å²) in [6.07, 6.45) is 4.24. The molecule has 0 fully saturated rings. The van der Waals surface area contributed by atoms with Gasteiger partial charge in [0.25, 0.3) is 0 Å². The lowest BCUT2D eigenvalue weighted by atomic mass is 9.90. The van der Waals surface area contributed by atoms with Crippen molar-refractivity contribution >= 4 is 0 Å². The minimum atomic E-state index is 0.272. The molecule has 0 aromatic carbocycles. The van der Waals surface area contributed by atoms with E-state index in [9.17, 15) is 0 Å². The molecule has 0 heteroatoms. The predicted molar refractivity (Wildman–Crippen MR) is 52.6 cm³/mol. The van der Waals surface area contributed by atoms with Gasteiger partial charge >= 0.3 is 0 Å². The van der Waals surface area contributed by atoms with Crippen LogP contribution in [0.25, 0.3) is 0 Å². The second-order valence-corrected chi connectivity index (χ2v) is 4.37. The number of hydrogen-bond acceptors (Lipinski definition) is 0. The molecule has 0 aliphatic rings. The van der Waals surface area contributed by atoms with E-state index in [1.807, 2.05) is 6.08 Å². The summed E-state index contributed by atoms with van der Waals surface area (Å²) in [4.78, 5) is 0. The number of hydrogen-bond donors (Lipinski definition) is 0. The van der Waals surface area contributed by atoms with E-state index in [0.29, 0.717) is 5.92 Å². The van der Waals surface area contributed by atoms with Crippen LogP contribution in [0.1, 0.15) is 34.6 Å². The van der Waals surface area contributed by atoms with Crippen molar-refractivity contribution in [3.8, 4) is 0 Å². The Morgan fingerprint density at radius 1 is 1.27 bits per heavy atom. The molecule has 0 aliphatic heterocycles. The number of allylic oxidation sites excluding steroid dienone is 3. The highest BCUT2D eigenvalue weighted by Gasteiger charge is 2.08. The quantitative estimate of drug-likeness (QED) is 0.528. The fourth-order valence-electron chi connectivity index (χ4n) is 0.961. The van der Waals surface area contributed by atoms with Crippen LogP contribution in [0.3, 0.4) is 0 Å². The van der Waals surface area contributed by atoms with Crippen molar-refractivity contribution in [3.05, 3.63) is 24.3 Å². The topological polar surface area (TPSA) is 0 Å². The van der Waals surface area contributed by atoms with Gasteiger partial charge in [-0.25, -0.2) is 0 Å². The van der Waals surface area contributed by atoms with Crippen molar-refractivity contribution in [1.29, 1.82) is 0 Å². The van der Waals surface area contributed by atoms with Crippen molar-refractivity contribution in [2.24, 2.45) is 11.3 Å². The molecule has 0 aliphatic carbocycles. The lowest BCUT2D eigenvalue weighted by Gasteiger charge is -2.16. The molecule has 11 heavy (non-hydrogen) atoms. The third kappa shape index (κ3) is 4.83. The highest BCUT2D eigenvalue weighted by Crippen LogP contribution is 2.21. The summed E-state index contributed by atoms with van der Waals surface area (Å²) in [6.45, 7) is 14.8. The predicted octanol–water partition coefficient (Wildman–Crippen LogP) is 3.80. The van der Waals surface area contributed by atoms with Gasteiger partial charge in [-0.05, 0) is 16.9 Å². The van der Waals surface area contributed by atoms with E-state index in [0.717, 1.165) is 0 Å². The zero-order chi connectivity index (χ0) is 9.07. The smallest absolute Gasteiger partial charge is 0.0197 e. The van der Waals surface area contributed by atoms with Crippen molar-refractivity contribution in [2.45, 2.75) is 34.6 Å². The maximum absolute atomic E-state index is 3.80. The van der Waals surface area contributed by atoms with Gasteiger partial charge in [-0.1, -0.05) is 53.3 Å². The minimum absolute atomic E-state index is 0.272. The Labute approximate surface area is 71.0 Å². The second kappa shape index (κ2) is 3.75. The Balaban J connectivity index is 4.49. The van der Waals surface area contributed by atoms with Crippen molar-refractivity contribution < 1.29 is 0 Å². The molecule has 0 saturated heterocycles. The summed E-state index contributed by atoms with van der Waals surface area (Å²) in [5, 5.41) is 0. The van der Waals surface area contributed by atoms with Gasteiger partial charge in [-0.2, -0.15) is 0 Å². The van der Waals surface area contributed by atoms with E-state index in [2.05, 4.69) is 47.3 Å². The molecule has 0 saturated carbocycles. The van der Waals surface area contributed by atoms with Gasteiger partial charge in [-0.15, -0.1) is 0 Å². The van der Waals surface area contributed by atoms with E-state index in [1.165, 1.54) is 5.57 Å². The zero-order valence-electron chi connectivity index (χ0n) is 8.44. The fraction of sp³-hybridized carbons (Fsp3) is 0.636. The normalized spacial score (nSPS) is 13.8. The number of rotatable bonds is 2. The maximum atomic E-state index is 3.80. The Bertz CT molecular complexity index is 153. The molecule has 0 nitrogen and oxygen atoms in total. The SMILES string of the molecule is C=C/C(=C/C(C)(C)C)C(C)C. The summed E-state index contributed by atoms with van der Waals surface area (Å²) >= 11 is 0. The average molecular weight is 152 g/mol. The summed E-state index contributed by atoms with van der Waals surface area (Å²) < 4.78 is 0. The molecule has 0 N–H and O–H groups in total. The van der Waals surface area contributed by atoms with Gasteiger partial charge in [0.1, 0.15) is 0 Å². The first-order valence-electron chi connectivity index (χ1n) is 4.22. The third-order valence-electron chi connectivity index (χ3n) is 1.50. The average Bonchev–Trinajstić information content (AvgIpc) is 1.80. The Hall–Kier alpha value is -0.520. The van der Waals surface area contributed by atoms with Crippen LogP contribution in [0.15, 0.2) is 24.3 Å². The molecular weight excluding hydrogens is 132 g/mol.